The molecule has 0 bridgehead atoms. The first-order chi connectivity index (χ1) is 6.72. The van der Waals surface area contributed by atoms with Crippen molar-refractivity contribution in [3.63, 3.8) is 0 Å². The zero-order valence-electron chi connectivity index (χ0n) is 7.40. The highest BCUT2D eigenvalue weighted by atomic mass is 79.9. The highest BCUT2D eigenvalue weighted by molar-refractivity contribution is 9.11. The third kappa shape index (κ3) is 1.43. The van der Waals surface area contributed by atoms with Crippen LogP contribution in [0.2, 0.25) is 0 Å². The van der Waals surface area contributed by atoms with Crippen molar-refractivity contribution in [2.45, 2.75) is 6.04 Å². The van der Waals surface area contributed by atoms with Gasteiger partial charge in [0.1, 0.15) is 10.6 Å². The highest BCUT2D eigenvalue weighted by Crippen LogP contribution is 2.31. The van der Waals surface area contributed by atoms with Gasteiger partial charge in [-0.1, -0.05) is 6.08 Å². The number of carbonyl (C=O) groups excluding carboxylic acids is 1. The van der Waals surface area contributed by atoms with Crippen molar-refractivity contribution in [3.8, 4) is 0 Å². The van der Waals surface area contributed by atoms with Crippen molar-refractivity contribution in [2.24, 2.45) is 10.2 Å². The van der Waals surface area contributed by atoms with E-state index < -0.39 is 0 Å². The molecule has 1 aliphatic carbocycles. The zero-order valence-corrected chi connectivity index (χ0v) is 8.98. The normalized spacial score (nSPS) is 23.6. The molecule has 2 aliphatic rings. The van der Waals surface area contributed by atoms with Gasteiger partial charge in [0.2, 0.25) is 0 Å². The van der Waals surface area contributed by atoms with Gasteiger partial charge in [0.25, 0.3) is 0 Å². The lowest BCUT2D eigenvalue weighted by molar-refractivity contribution is -0.135. The molecular weight excluding hydrogens is 248 g/mol. The third-order valence-corrected chi connectivity index (χ3v) is 2.63. The van der Waals surface area contributed by atoms with Crippen LogP contribution < -0.4 is 0 Å². The molecule has 0 aromatic heterocycles. The maximum atomic E-state index is 11.2. The van der Waals surface area contributed by atoms with Gasteiger partial charge in [0.15, 0.2) is 0 Å². The van der Waals surface area contributed by atoms with Gasteiger partial charge in [-0.25, -0.2) is 4.79 Å². The third-order valence-electron chi connectivity index (χ3n) is 2.02. The molecule has 2 rings (SSSR count). The number of hydrogen-bond donors (Lipinski definition) is 0. The molecule has 0 aromatic carbocycles. The fourth-order valence-electron chi connectivity index (χ4n) is 1.30. The number of azo groups is 1. The van der Waals surface area contributed by atoms with Crippen molar-refractivity contribution in [1.29, 1.82) is 0 Å². The Hall–Kier alpha value is -1.23. The minimum Gasteiger partial charge on any atom is -0.465 e. The standard InChI is InChI=1S/C9H7BrN2O2/c1-14-9(13)5-2-3-7-6(4-5)8(10)12-11-7/h2-4,7H,1H3/t7-/m1/s1. The van der Waals surface area contributed by atoms with Gasteiger partial charge in [-0.3, -0.25) is 0 Å². The van der Waals surface area contributed by atoms with Crippen LogP contribution >= 0.6 is 15.9 Å². The molecule has 1 heterocycles. The van der Waals surface area contributed by atoms with E-state index in [-0.39, 0.29) is 12.0 Å². The first-order valence-corrected chi connectivity index (χ1v) is 4.80. The summed E-state index contributed by atoms with van der Waals surface area (Å²) >= 11 is 3.27. The molecule has 0 saturated carbocycles. The van der Waals surface area contributed by atoms with E-state index in [1.54, 1.807) is 12.2 Å². The van der Waals surface area contributed by atoms with Crippen LogP contribution in [0.4, 0.5) is 0 Å². The van der Waals surface area contributed by atoms with Gasteiger partial charge < -0.3 is 4.74 Å². The Bertz CT molecular complexity index is 407. The molecule has 4 nitrogen and oxygen atoms in total. The van der Waals surface area contributed by atoms with Crippen molar-refractivity contribution in [1.82, 2.24) is 0 Å². The lowest BCUT2D eigenvalue weighted by atomic mass is 9.99. The lowest BCUT2D eigenvalue weighted by Gasteiger charge is -2.10. The topological polar surface area (TPSA) is 51.0 Å². The van der Waals surface area contributed by atoms with E-state index >= 15 is 0 Å². The van der Waals surface area contributed by atoms with Gasteiger partial charge in [-0.2, -0.15) is 5.11 Å². The molecule has 1 aliphatic heterocycles. The number of methoxy groups -OCH3 is 1. The molecule has 0 aromatic rings. The Morgan fingerprint density at radius 1 is 1.64 bits per heavy atom. The number of fused-ring (bicyclic) bond motifs is 1. The minimum atomic E-state index is -0.348. The van der Waals surface area contributed by atoms with Crippen molar-refractivity contribution < 1.29 is 9.53 Å². The van der Waals surface area contributed by atoms with Gasteiger partial charge >= 0.3 is 5.97 Å². The second kappa shape index (κ2) is 3.49. The molecular formula is C9H7BrN2O2. The Balaban J connectivity index is 2.34. The first-order valence-electron chi connectivity index (χ1n) is 4.01. The highest BCUT2D eigenvalue weighted by Gasteiger charge is 2.23. The summed E-state index contributed by atoms with van der Waals surface area (Å²) < 4.78 is 5.29. The van der Waals surface area contributed by atoms with Crippen LogP contribution in [0.15, 0.2) is 44.2 Å². The second-order valence-corrected chi connectivity index (χ2v) is 3.61. The predicted octanol–water partition coefficient (Wildman–Crippen LogP) is 2.10. The van der Waals surface area contributed by atoms with Crippen molar-refractivity contribution >= 4 is 21.9 Å². The Morgan fingerprint density at radius 2 is 2.43 bits per heavy atom. The van der Waals surface area contributed by atoms with Crippen molar-refractivity contribution in [2.75, 3.05) is 7.11 Å². The number of esters is 1. The summed E-state index contributed by atoms with van der Waals surface area (Å²) in [5, 5.41) is 7.85. The lowest BCUT2D eigenvalue weighted by Crippen LogP contribution is -2.10. The smallest absolute Gasteiger partial charge is 0.337 e. The minimum absolute atomic E-state index is 0.0576. The van der Waals surface area contributed by atoms with E-state index in [9.17, 15) is 4.79 Å². The van der Waals surface area contributed by atoms with E-state index in [4.69, 9.17) is 0 Å². The Labute approximate surface area is 89.2 Å². The molecule has 0 saturated heterocycles. The second-order valence-electron chi connectivity index (χ2n) is 2.86. The van der Waals surface area contributed by atoms with E-state index in [0.717, 1.165) is 5.57 Å². The molecule has 0 amide bonds. The summed E-state index contributed by atoms with van der Waals surface area (Å²) in [6.07, 6.45) is 5.25. The fourth-order valence-corrected chi connectivity index (χ4v) is 1.74. The summed E-state index contributed by atoms with van der Waals surface area (Å²) in [7, 11) is 1.36. The molecule has 0 unspecified atom stereocenters. The average Bonchev–Trinajstić information content (AvgIpc) is 2.59. The summed E-state index contributed by atoms with van der Waals surface area (Å²) in [5.74, 6) is -0.348. The van der Waals surface area contributed by atoms with Crippen LogP contribution in [0.25, 0.3) is 0 Å². The zero-order chi connectivity index (χ0) is 10.1. The van der Waals surface area contributed by atoms with Gasteiger partial charge in [-0.15, -0.1) is 5.11 Å². The average molecular weight is 255 g/mol. The predicted molar refractivity (Wildman–Crippen MR) is 53.8 cm³/mol. The monoisotopic (exact) mass is 254 g/mol. The van der Waals surface area contributed by atoms with E-state index in [0.29, 0.717) is 10.2 Å². The summed E-state index contributed by atoms with van der Waals surface area (Å²) in [5.41, 5.74) is 1.41. The number of nitrogens with zero attached hydrogens (tertiary/aromatic N) is 2. The molecule has 72 valence electrons. The number of halogens is 1. The molecule has 1 atom stereocenters. The Kier molecular flexibility index (Phi) is 2.33. The fraction of sp³-hybridized carbons (Fsp3) is 0.222. The maximum Gasteiger partial charge on any atom is 0.337 e. The van der Waals surface area contributed by atoms with Gasteiger partial charge in [-0.05, 0) is 28.1 Å². The Morgan fingerprint density at radius 3 is 3.14 bits per heavy atom. The maximum absolute atomic E-state index is 11.2. The van der Waals surface area contributed by atoms with Crippen LogP contribution in [0.5, 0.6) is 0 Å². The summed E-state index contributed by atoms with van der Waals surface area (Å²) in [4.78, 5) is 11.2. The van der Waals surface area contributed by atoms with Crippen molar-refractivity contribution in [3.05, 3.63) is 34.0 Å². The van der Waals surface area contributed by atoms with E-state index in [2.05, 4.69) is 30.9 Å². The number of rotatable bonds is 1. The molecule has 0 N–H and O–H groups in total. The quantitative estimate of drug-likeness (QED) is 0.532. The first kappa shape index (κ1) is 9.33. The van der Waals surface area contributed by atoms with E-state index in [1.165, 1.54) is 7.11 Å². The number of ether oxygens (including phenoxy) is 1. The van der Waals surface area contributed by atoms with Gasteiger partial charge in [0.05, 0.1) is 12.7 Å². The molecule has 14 heavy (non-hydrogen) atoms. The van der Waals surface area contributed by atoms with Crippen LogP contribution in [0, 0.1) is 0 Å². The van der Waals surface area contributed by atoms with Crippen LogP contribution in [0.3, 0.4) is 0 Å². The SMILES string of the molecule is COC(=O)C1=CC2=C(Br)N=N[C@@H]2C=C1. The molecule has 0 radical (unpaired) electrons. The molecule has 5 heteroatoms. The summed E-state index contributed by atoms with van der Waals surface area (Å²) in [6, 6.07) is -0.0576. The van der Waals surface area contributed by atoms with Crippen LogP contribution in [-0.4, -0.2) is 19.1 Å². The van der Waals surface area contributed by atoms with Gasteiger partial charge in [0, 0.05) is 5.57 Å². The number of carbonyl (C=O) groups is 1. The van der Waals surface area contributed by atoms with Crippen LogP contribution in [0.1, 0.15) is 0 Å². The number of hydrogen-bond acceptors (Lipinski definition) is 4. The largest absolute Gasteiger partial charge is 0.465 e. The van der Waals surface area contributed by atoms with E-state index in [1.807, 2.05) is 6.08 Å². The molecule has 0 fully saturated rings. The van der Waals surface area contributed by atoms with Crippen LogP contribution in [-0.2, 0) is 9.53 Å². The summed E-state index contributed by atoms with van der Waals surface area (Å²) in [6.45, 7) is 0. The molecule has 0 spiro atoms.